The van der Waals surface area contributed by atoms with Crippen LogP contribution < -0.4 is 0 Å². The Kier molecular flexibility index (Phi) is 3.42. The highest BCUT2D eigenvalue weighted by molar-refractivity contribution is 6.65. The fraction of sp³-hybridized carbons (Fsp3) is 1.00. The van der Waals surface area contributed by atoms with E-state index in [1.165, 1.54) is 0 Å². The van der Waals surface area contributed by atoms with Gasteiger partial charge in [0.15, 0.2) is 0 Å². The van der Waals surface area contributed by atoms with Crippen molar-refractivity contribution in [3.05, 3.63) is 0 Å². The predicted octanol–water partition coefficient (Wildman–Crippen LogP) is 2.71. The van der Waals surface area contributed by atoms with Gasteiger partial charge in [0.1, 0.15) is 0 Å². The second-order valence-corrected chi connectivity index (χ2v) is 7.61. The van der Waals surface area contributed by atoms with Crippen LogP contribution in [0.25, 0.3) is 0 Å². The minimum absolute atomic E-state index is 0.278. The van der Waals surface area contributed by atoms with Gasteiger partial charge in [-0.2, -0.15) is 0 Å². The Morgan fingerprint density at radius 1 is 0.526 bits per heavy atom. The molecule has 0 saturated carbocycles. The summed E-state index contributed by atoms with van der Waals surface area (Å²) in [7, 11) is -0.556. The molecule has 0 radical (unpaired) electrons. The zero-order valence-corrected chi connectivity index (χ0v) is 13.5. The standard InChI is InChI=1S/C13H26B2O4/c1-10(2)11(3,4)17-14(16-10)9-15-18-12(5,6)13(7,8)19-15/h9H2,1-8H3. The van der Waals surface area contributed by atoms with Crippen LogP contribution in [0.15, 0.2) is 0 Å². The largest absolute Gasteiger partial charge is 0.455 e. The van der Waals surface area contributed by atoms with Gasteiger partial charge in [-0.25, -0.2) is 0 Å². The second kappa shape index (κ2) is 4.23. The monoisotopic (exact) mass is 268 g/mol. The van der Waals surface area contributed by atoms with Crippen molar-refractivity contribution in [3.8, 4) is 0 Å². The Labute approximate surface area is 117 Å². The summed E-state index contributed by atoms with van der Waals surface area (Å²) in [5.74, 6) is 0. The Morgan fingerprint density at radius 3 is 0.947 bits per heavy atom. The molecular formula is C13H26B2O4. The van der Waals surface area contributed by atoms with Crippen LogP contribution in [0.3, 0.4) is 0 Å². The van der Waals surface area contributed by atoms with Gasteiger partial charge < -0.3 is 18.6 Å². The quantitative estimate of drug-likeness (QED) is 0.721. The average Bonchev–Trinajstić information content (AvgIpc) is 2.42. The van der Waals surface area contributed by atoms with Crippen LogP contribution in [0.5, 0.6) is 0 Å². The van der Waals surface area contributed by atoms with E-state index >= 15 is 0 Å². The second-order valence-electron chi connectivity index (χ2n) is 7.61. The topological polar surface area (TPSA) is 36.9 Å². The number of rotatable bonds is 2. The highest BCUT2D eigenvalue weighted by Gasteiger charge is 2.56. The molecule has 4 nitrogen and oxygen atoms in total. The van der Waals surface area contributed by atoms with Crippen LogP contribution in [-0.2, 0) is 18.6 Å². The lowest BCUT2D eigenvalue weighted by molar-refractivity contribution is 0.00578. The molecule has 2 aliphatic heterocycles. The van der Waals surface area contributed by atoms with E-state index in [0.29, 0.717) is 6.22 Å². The molecule has 0 spiro atoms. The summed E-state index contributed by atoms with van der Waals surface area (Å²) in [5.41, 5.74) is -1.22. The van der Waals surface area contributed by atoms with Gasteiger partial charge in [-0.05, 0) is 55.4 Å². The molecule has 0 aromatic heterocycles. The molecule has 0 N–H and O–H groups in total. The van der Waals surface area contributed by atoms with Gasteiger partial charge in [0.25, 0.3) is 0 Å². The molecule has 2 heterocycles. The lowest BCUT2D eigenvalue weighted by atomic mass is 9.64. The Balaban J connectivity index is 1.99. The maximum atomic E-state index is 5.98. The maximum Gasteiger partial charge on any atom is 0.455 e. The van der Waals surface area contributed by atoms with Gasteiger partial charge in [0.05, 0.1) is 22.4 Å². The highest BCUT2D eigenvalue weighted by Crippen LogP contribution is 2.41. The third kappa shape index (κ3) is 2.60. The smallest absolute Gasteiger partial charge is 0.404 e. The molecule has 0 unspecified atom stereocenters. The molecule has 0 aromatic carbocycles. The fourth-order valence-electron chi connectivity index (χ4n) is 2.28. The van der Waals surface area contributed by atoms with Crippen molar-refractivity contribution in [1.82, 2.24) is 0 Å². The van der Waals surface area contributed by atoms with E-state index in [4.69, 9.17) is 18.6 Å². The van der Waals surface area contributed by atoms with Gasteiger partial charge in [-0.1, -0.05) is 0 Å². The molecule has 108 valence electrons. The summed E-state index contributed by atoms with van der Waals surface area (Å²) >= 11 is 0. The van der Waals surface area contributed by atoms with Crippen molar-refractivity contribution in [2.24, 2.45) is 0 Å². The molecule has 0 aliphatic carbocycles. The van der Waals surface area contributed by atoms with Crippen LogP contribution in [0, 0.1) is 0 Å². The molecule has 2 fully saturated rings. The lowest BCUT2D eigenvalue weighted by Crippen LogP contribution is -2.41. The van der Waals surface area contributed by atoms with Crippen molar-refractivity contribution in [1.29, 1.82) is 0 Å². The number of hydrogen-bond donors (Lipinski definition) is 0. The summed E-state index contributed by atoms with van der Waals surface area (Å²) < 4.78 is 23.9. The van der Waals surface area contributed by atoms with Crippen LogP contribution in [0.1, 0.15) is 55.4 Å². The van der Waals surface area contributed by atoms with Gasteiger partial charge >= 0.3 is 14.2 Å². The van der Waals surface area contributed by atoms with Gasteiger partial charge in [-0.3, -0.25) is 0 Å². The normalized spacial score (nSPS) is 30.9. The summed E-state index contributed by atoms with van der Waals surface area (Å²) in [4.78, 5) is 0. The minimum Gasteiger partial charge on any atom is -0.404 e. The zero-order valence-electron chi connectivity index (χ0n) is 13.5. The van der Waals surface area contributed by atoms with E-state index in [-0.39, 0.29) is 36.6 Å². The Morgan fingerprint density at radius 2 is 0.737 bits per heavy atom. The summed E-state index contributed by atoms with van der Waals surface area (Å²) in [5, 5.41) is 0. The first-order valence-electron chi connectivity index (χ1n) is 7.08. The van der Waals surface area contributed by atoms with E-state index in [9.17, 15) is 0 Å². The third-order valence-corrected chi connectivity index (χ3v) is 4.99. The van der Waals surface area contributed by atoms with E-state index in [0.717, 1.165) is 0 Å². The van der Waals surface area contributed by atoms with Crippen molar-refractivity contribution in [3.63, 3.8) is 0 Å². The van der Waals surface area contributed by atoms with E-state index in [2.05, 4.69) is 55.4 Å². The van der Waals surface area contributed by atoms with Gasteiger partial charge in [0.2, 0.25) is 0 Å². The van der Waals surface area contributed by atoms with E-state index in [1.54, 1.807) is 0 Å². The molecule has 0 bridgehead atoms. The summed E-state index contributed by atoms with van der Waals surface area (Å²) in [6.07, 6.45) is 0.597. The first-order valence-corrected chi connectivity index (χ1v) is 7.08. The van der Waals surface area contributed by atoms with Crippen LogP contribution in [0.4, 0.5) is 0 Å². The first kappa shape index (κ1) is 15.4. The van der Waals surface area contributed by atoms with Crippen LogP contribution in [0.2, 0.25) is 6.22 Å². The van der Waals surface area contributed by atoms with Crippen molar-refractivity contribution in [2.75, 3.05) is 0 Å². The van der Waals surface area contributed by atoms with E-state index in [1.807, 2.05) is 0 Å². The van der Waals surface area contributed by atoms with Gasteiger partial charge in [-0.15, -0.1) is 0 Å². The van der Waals surface area contributed by atoms with E-state index < -0.39 is 0 Å². The maximum absolute atomic E-state index is 5.98. The fourth-order valence-corrected chi connectivity index (χ4v) is 2.28. The van der Waals surface area contributed by atoms with Crippen molar-refractivity contribution in [2.45, 2.75) is 84.0 Å². The van der Waals surface area contributed by atoms with Crippen LogP contribution >= 0.6 is 0 Å². The summed E-state index contributed by atoms with van der Waals surface area (Å²) in [6, 6.07) is 0. The van der Waals surface area contributed by atoms with Crippen molar-refractivity contribution >= 4 is 14.2 Å². The van der Waals surface area contributed by atoms with Crippen molar-refractivity contribution < 1.29 is 18.6 Å². The molecule has 0 atom stereocenters. The highest BCUT2D eigenvalue weighted by atomic mass is 16.7. The molecule has 2 saturated heterocycles. The summed E-state index contributed by atoms with van der Waals surface area (Å²) in [6.45, 7) is 16.4. The molecule has 6 heteroatoms. The SMILES string of the molecule is CC1(C)OB(CB2OC(C)(C)C(C)(C)O2)OC1(C)C. The molecule has 0 amide bonds. The lowest BCUT2D eigenvalue weighted by Gasteiger charge is -2.32. The first-order chi connectivity index (χ1) is 8.36. The molecule has 19 heavy (non-hydrogen) atoms. The minimum atomic E-state index is -0.304. The predicted molar refractivity (Wildman–Crippen MR) is 77.0 cm³/mol. The molecule has 2 rings (SSSR count). The Hall–Kier alpha value is -0.0301. The van der Waals surface area contributed by atoms with Crippen LogP contribution in [-0.4, -0.2) is 36.6 Å². The van der Waals surface area contributed by atoms with Gasteiger partial charge in [0, 0.05) is 6.22 Å². The average molecular weight is 268 g/mol. The zero-order chi connectivity index (χ0) is 14.7. The number of hydrogen-bond acceptors (Lipinski definition) is 4. The molecular weight excluding hydrogens is 242 g/mol. The Bertz CT molecular complexity index is 300. The molecule has 2 aliphatic rings. The third-order valence-electron chi connectivity index (χ3n) is 4.99. The molecule has 0 aromatic rings.